The third-order valence-electron chi connectivity index (χ3n) is 8.11. The zero-order chi connectivity index (χ0) is 38.9. The molecule has 18 heteroatoms. The number of fused-ring (bicyclic) bond motifs is 1. The monoisotopic (exact) mass is 744 g/mol. The van der Waals surface area contributed by atoms with E-state index in [0.717, 1.165) is 18.5 Å². The van der Waals surface area contributed by atoms with Crippen LogP contribution in [-0.2, 0) is 16.0 Å². The van der Waals surface area contributed by atoms with Gasteiger partial charge in [0, 0.05) is 25.1 Å². The van der Waals surface area contributed by atoms with E-state index in [0.29, 0.717) is 29.1 Å². The van der Waals surface area contributed by atoms with Crippen molar-refractivity contribution in [3.63, 3.8) is 0 Å². The number of hydrogen-bond donors (Lipinski definition) is 2. The van der Waals surface area contributed by atoms with E-state index < -0.39 is 59.5 Å². The highest BCUT2D eigenvalue weighted by molar-refractivity contribution is 6.11. The third-order valence-corrected chi connectivity index (χ3v) is 8.11. The number of imide groups is 1. The van der Waals surface area contributed by atoms with E-state index in [1.807, 2.05) is 0 Å². The second kappa shape index (κ2) is 14.8. The van der Waals surface area contributed by atoms with Crippen LogP contribution in [0.5, 0.6) is 0 Å². The molecule has 2 N–H and O–H groups in total. The summed E-state index contributed by atoms with van der Waals surface area (Å²) in [6.45, 7) is 10.0. The number of carbonyl (C=O) groups is 3. The maximum Gasteiger partial charge on any atom is 0.425 e. The van der Waals surface area contributed by atoms with Gasteiger partial charge in [-0.3, -0.25) is 4.98 Å². The summed E-state index contributed by atoms with van der Waals surface area (Å²) in [6, 6.07) is 4.92. The zero-order valence-corrected chi connectivity index (χ0v) is 30.0. The Balaban J connectivity index is 1.58. The number of imidazole rings is 1. The summed E-state index contributed by atoms with van der Waals surface area (Å²) in [5.41, 5.74) is -1.71. The Labute approximate surface area is 302 Å². The third kappa shape index (κ3) is 9.28. The van der Waals surface area contributed by atoms with Crippen LogP contribution >= 0.6 is 0 Å². The van der Waals surface area contributed by atoms with Gasteiger partial charge in [0.15, 0.2) is 28.6 Å². The molecule has 0 bridgehead atoms. The van der Waals surface area contributed by atoms with Crippen molar-refractivity contribution in [3.8, 4) is 11.3 Å². The maximum absolute atomic E-state index is 14.3. The van der Waals surface area contributed by atoms with Gasteiger partial charge in [0.05, 0.1) is 36.0 Å². The number of alkyl carbamates (subject to hydrolysis) is 1. The number of pyridine rings is 1. The van der Waals surface area contributed by atoms with Gasteiger partial charge in [-0.1, -0.05) is 0 Å². The van der Waals surface area contributed by atoms with Crippen molar-refractivity contribution < 1.29 is 46.5 Å². The second-order valence-corrected chi connectivity index (χ2v) is 14.7. The van der Waals surface area contributed by atoms with Crippen LogP contribution in [0.15, 0.2) is 43.1 Å². The topological polar surface area (TPSA) is 165 Å². The predicted molar refractivity (Wildman–Crippen MR) is 185 cm³/mol. The van der Waals surface area contributed by atoms with E-state index in [-0.39, 0.29) is 47.7 Å². The summed E-state index contributed by atoms with van der Waals surface area (Å²) in [6.07, 6.45) is -2.58. The van der Waals surface area contributed by atoms with Gasteiger partial charge in [-0.25, -0.2) is 46.9 Å². The van der Waals surface area contributed by atoms with Crippen LogP contribution in [0.4, 0.5) is 43.5 Å². The van der Waals surface area contributed by atoms with Crippen molar-refractivity contribution in [3.05, 3.63) is 60.3 Å². The summed E-state index contributed by atoms with van der Waals surface area (Å²) < 4.78 is 68.5. The first-order chi connectivity index (χ1) is 24.7. The molecule has 1 aromatic carbocycles. The molecule has 1 saturated heterocycles. The number of anilines is 2. The van der Waals surface area contributed by atoms with Crippen LogP contribution in [-0.4, -0.2) is 84.1 Å². The number of amides is 3. The van der Waals surface area contributed by atoms with Gasteiger partial charge in [0.25, 0.3) is 0 Å². The summed E-state index contributed by atoms with van der Waals surface area (Å²) in [4.78, 5) is 57.3. The molecule has 1 aliphatic rings. The van der Waals surface area contributed by atoms with Crippen LogP contribution in [0, 0.1) is 11.6 Å². The normalized spacial score (nSPS) is 16.5. The lowest BCUT2D eigenvalue weighted by molar-refractivity contribution is 0.0343. The fourth-order valence-corrected chi connectivity index (χ4v) is 6.08. The molecular formula is C35H40F4N8O6. The SMILES string of the molecule is CC(C)(C)OC(=O)NC1(CC(F)F)CCCN(c2cnc(-c3ccc(F)c(F)c3)cc2Cn2cnc3c(N(C(=O)O)C(=O)OC(C)(C)C)ncnc32)C1. The number of hydrogen-bond acceptors (Lipinski definition) is 10. The Hall–Kier alpha value is -5.55. The molecule has 1 fully saturated rings. The van der Waals surface area contributed by atoms with Crippen LogP contribution in [0.25, 0.3) is 22.4 Å². The molecule has 1 atom stereocenters. The van der Waals surface area contributed by atoms with Crippen molar-refractivity contribution in [1.29, 1.82) is 0 Å². The van der Waals surface area contributed by atoms with Gasteiger partial charge in [-0.2, -0.15) is 4.90 Å². The van der Waals surface area contributed by atoms with E-state index >= 15 is 0 Å². The molecule has 3 aromatic heterocycles. The fraction of sp³-hybridized carbons (Fsp3) is 0.457. The number of carboxylic acid groups (broad SMARTS) is 1. The fourth-order valence-electron chi connectivity index (χ4n) is 6.08. The van der Waals surface area contributed by atoms with Gasteiger partial charge in [0.2, 0.25) is 6.43 Å². The van der Waals surface area contributed by atoms with Crippen molar-refractivity contribution >= 4 is 40.9 Å². The average molecular weight is 745 g/mol. The van der Waals surface area contributed by atoms with Gasteiger partial charge in [0.1, 0.15) is 17.5 Å². The van der Waals surface area contributed by atoms with Gasteiger partial charge in [-0.05, 0) is 84.2 Å². The highest BCUT2D eigenvalue weighted by Gasteiger charge is 2.41. The number of piperidine rings is 1. The lowest BCUT2D eigenvalue weighted by Gasteiger charge is -2.44. The molecule has 53 heavy (non-hydrogen) atoms. The first kappa shape index (κ1) is 38.7. The molecule has 1 unspecified atom stereocenters. The minimum absolute atomic E-state index is 0.0289. The van der Waals surface area contributed by atoms with Crippen molar-refractivity contribution in [2.24, 2.45) is 0 Å². The lowest BCUT2D eigenvalue weighted by Crippen LogP contribution is -2.60. The molecule has 5 rings (SSSR count). The number of carbonyl (C=O) groups excluding carboxylic acids is 2. The number of nitrogens with one attached hydrogen (secondary N) is 1. The molecule has 0 aliphatic carbocycles. The summed E-state index contributed by atoms with van der Waals surface area (Å²) in [5, 5.41) is 12.6. The van der Waals surface area contributed by atoms with Crippen LogP contribution < -0.4 is 15.1 Å². The standard InChI is InChI=1S/C35H40F4N8O6/c1-33(2,3)52-30(48)44-35(14-26(38)39)10-7-11-45(17-35)25-15-40-24(20-8-9-22(36)23(37)12-20)13-21(25)16-46-19-43-27-28(46)41-18-42-29(27)47(31(49)50)32(51)53-34(4,5)6/h8-9,12-13,15,18-19,26H,7,10-11,14,16-17H2,1-6H3,(H,44,48)(H,49,50). The first-order valence-electron chi connectivity index (χ1n) is 16.6. The van der Waals surface area contributed by atoms with E-state index in [4.69, 9.17) is 9.47 Å². The predicted octanol–water partition coefficient (Wildman–Crippen LogP) is 7.15. The smallest absolute Gasteiger partial charge is 0.425 e. The maximum atomic E-state index is 14.3. The Morgan fingerprint density at radius 2 is 1.72 bits per heavy atom. The van der Waals surface area contributed by atoms with Crippen molar-refractivity contribution in [2.45, 2.75) is 90.5 Å². The minimum atomic E-state index is -2.75. The van der Waals surface area contributed by atoms with E-state index in [1.165, 1.54) is 18.6 Å². The Morgan fingerprint density at radius 3 is 2.36 bits per heavy atom. The lowest BCUT2D eigenvalue weighted by atomic mass is 9.85. The van der Waals surface area contributed by atoms with Crippen LogP contribution in [0.2, 0.25) is 0 Å². The largest absolute Gasteiger partial charge is 0.464 e. The molecule has 0 radical (unpaired) electrons. The van der Waals surface area contributed by atoms with E-state index in [1.54, 1.807) is 57.1 Å². The summed E-state index contributed by atoms with van der Waals surface area (Å²) >= 11 is 0. The molecule has 3 amide bonds. The van der Waals surface area contributed by atoms with E-state index in [9.17, 15) is 37.1 Å². The molecular weight excluding hydrogens is 704 g/mol. The number of alkyl halides is 2. The molecule has 4 aromatic rings. The molecule has 14 nitrogen and oxygen atoms in total. The summed E-state index contributed by atoms with van der Waals surface area (Å²) in [5.74, 6) is -2.49. The number of benzene rings is 1. The molecule has 4 heterocycles. The van der Waals surface area contributed by atoms with Crippen molar-refractivity contribution in [1.82, 2.24) is 29.8 Å². The zero-order valence-electron chi connectivity index (χ0n) is 30.0. The van der Waals surface area contributed by atoms with Crippen molar-refractivity contribution in [2.75, 3.05) is 22.9 Å². The minimum Gasteiger partial charge on any atom is -0.464 e. The number of rotatable bonds is 8. The highest BCUT2D eigenvalue weighted by atomic mass is 19.3. The second-order valence-electron chi connectivity index (χ2n) is 14.7. The number of ether oxygens (including phenoxy) is 2. The molecule has 284 valence electrons. The quantitative estimate of drug-likeness (QED) is 0.176. The molecule has 1 aliphatic heterocycles. The number of nitrogens with zero attached hydrogens (tertiary/aromatic N) is 7. The Bertz CT molecular complexity index is 2010. The number of aromatic nitrogens is 5. The van der Waals surface area contributed by atoms with Gasteiger partial charge in [-0.15, -0.1) is 0 Å². The van der Waals surface area contributed by atoms with E-state index in [2.05, 4.69) is 25.3 Å². The van der Waals surface area contributed by atoms with Crippen LogP contribution in [0.1, 0.15) is 66.4 Å². The highest BCUT2D eigenvalue weighted by Crippen LogP contribution is 2.35. The molecule has 0 spiro atoms. The van der Waals surface area contributed by atoms with Gasteiger partial charge < -0.3 is 29.4 Å². The Morgan fingerprint density at radius 1 is 1.00 bits per heavy atom. The average Bonchev–Trinajstić information content (AvgIpc) is 3.43. The molecule has 0 saturated carbocycles. The Kier molecular flexibility index (Phi) is 10.8. The summed E-state index contributed by atoms with van der Waals surface area (Å²) in [7, 11) is 0. The van der Waals surface area contributed by atoms with Gasteiger partial charge >= 0.3 is 18.3 Å². The van der Waals surface area contributed by atoms with Crippen LogP contribution in [0.3, 0.4) is 0 Å². The first-order valence-corrected chi connectivity index (χ1v) is 16.6. The number of halogens is 4.